The maximum absolute atomic E-state index is 11.5. The van der Waals surface area contributed by atoms with Gasteiger partial charge in [0, 0.05) is 0 Å². The molecule has 2 rings (SSSR count). The van der Waals surface area contributed by atoms with Crippen LogP contribution in [-0.2, 0) is 10.1 Å². The molecule has 0 N–H and O–H groups in total. The van der Waals surface area contributed by atoms with Crippen LogP contribution in [-0.4, -0.2) is 13.0 Å². The molecule has 3 nitrogen and oxygen atoms in total. The van der Waals surface area contributed by atoms with Gasteiger partial charge in [-0.3, -0.25) is 0 Å². The zero-order valence-corrected chi connectivity index (χ0v) is 18.5. The smallest absolute Gasteiger partial charge is 0.744 e. The first-order valence-corrected chi connectivity index (χ1v) is 9.51. The van der Waals surface area contributed by atoms with E-state index in [1.165, 1.54) is 17.2 Å². The molecule has 0 aliphatic rings. The van der Waals surface area contributed by atoms with Crippen molar-refractivity contribution in [2.75, 3.05) is 0 Å². The zero-order valence-electron chi connectivity index (χ0n) is 15.7. The van der Waals surface area contributed by atoms with Gasteiger partial charge in [-0.05, 0) is 57.3 Å². The second kappa shape index (κ2) is 7.88. The summed E-state index contributed by atoms with van der Waals surface area (Å²) < 4.78 is 34.5. The molecule has 0 unspecified atom stereocenters. The summed E-state index contributed by atoms with van der Waals surface area (Å²) in [6.45, 7) is 12.7. The first kappa shape index (κ1) is 21.7. The predicted molar refractivity (Wildman–Crippen MR) is 94.2 cm³/mol. The van der Waals surface area contributed by atoms with Crippen molar-refractivity contribution in [2.24, 2.45) is 0 Å². The normalized spacial score (nSPS) is 12.2. The van der Waals surface area contributed by atoms with Crippen LogP contribution in [0.3, 0.4) is 0 Å². The third-order valence-electron chi connectivity index (χ3n) is 4.31. The Bertz CT molecular complexity index is 837. The van der Waals surface area contributed by atoms with E-state index in [4.69, 9.17) is 0 Å². The summed E-state index contributed by atoms with van der Waals surface area (Å²) in [5, 5.41) is 1.94. The molecule has 0 saturated carbocycles. The van der Waals surface area contributed by atoms with Crippen LogP contribution in [0.4, 0.5) is 0 Å². The number of rotatable bonds is 4. The number of benzene rings is 2. The van der Waals surface area contributed by atoms with Gasteiger partial charge in [0.05, 0.1) is 4.90 Å². The SMILES string of the molecule is CC(C)c1ccc2cc(S(=O)(=O)[O-])cc(C(C)C)c2c1C(C)C.[Na+]. The summed E-state index contributed by atoms with van der Waals surface area (Å²) in [7, 11) is -4.46. The first-order valence-electron chi connectivity index (χ1n) is 8.10. The standard InChI is InChI=1S/C19H26O3S.Na/c1-11(2)16-8-7-14-9-15(23(20,21)22)10-17(12(3)4)19(14)18(16)13(5)6;/h7-13H,1-6H3,(H,20,21,22);/q;+1/p-1. The number of fused-ring (bicyclic) bond motifs is 1. The van der Waals surface area contributed by atoms with E-state index in [-0.39, 0.29) is 40.4 Å². The van der Waals surface area contributed by atoms with Gasteiger partial charge in [-0.25, -0.2) is 8.42 Å². The summed E-state index contributed by atoms with van der Waals surface area (Å²) in [5.41, 5.74) is 3.48. The molecule has 2 aromatic carbocycles. The summed E-state index contributed by atoms with van der Waals surface area (Å²) >= 11 is 0. The molecule has 0 heterocycles. The minimum atomic E-state index is -4.46. The van der Waals surface area contributed by atoms with Crippen LogP contribution < -0.4 is 29.6 Å². The van der Waals surface area contributed by atoms with Gasteiger partial charge in [0.2, 0.25) is 0 Å². The van der Waals surface area contributed by atoms with E-state index in [9.17, 15) is 13.0 Å². The van der Waals surface area contributed by atoms with Crippen LogP contribution in [0, 0.1) is 0 Å². The Kier molecular flexibility index (Phi) is 7.11. The number of hydrogen-bond acceptors (Lipinski definition) is 3. The van der Waals surface area contributed by atoms with Crippen molar-refractivity contribution in [1.29, 1.82) is 0 Å². The van der Waals surface area contributed by atoms with Crippen molar-refractivity contribution in [3.05, 3.63) is 41.0 Å². The molecular formula is C19H25NaO3S. The zero-order chi connectivity index (χ0) is 17.5. The van der Waals surface area contributed by atoms with Gasteiger partial charge in [0.1, 0.15) is 10.1 Å². The molecule has 0 spiro atoms. The Labute approximate surface area is 167 Å². The monoisotopic (exact) mass is 356 g/mol. The van der Waals surface area contributed by atoms with Crippen LogP contribution >= 0.6 is 0 Å². The van der Waals surface area contributed by atoms with E-state index >= 15 is 0 Å². The molecule has 0 aliphatic heterocycles. The van der Waals surface area contributed by atoms with Gasteiger partial charge in [-0.2, -0.15) is 0 Å². The molecule has 0 aliphatic carbocycles. The molecule has 0 bridgehead atoms. The van der Waals surface area contributed by atoms with Gasteiger partial charge in [-0.1, -0.05) is 53.7 Å². The Morgan fingerprint density at radius 2 is 1.38 bits per heavy atom. The summed E-state index contributed by atoms with van der Waals surface area (Å²) in [6.07, 6.45) is 0. The van der Waals surface area contributed by atoms with Crippen molar-refractivity contribution in [3.63, 3.8) is 0 Å². The van der Waals surface area contributed by atoms with Crippen molar-refractivity contribution < 1.29 is 42.5 Å². The summed E-state index contributed by atoms with van der Waals surface area (Å²) in [6, 6.07) is 7.08. The van der Waals surface area contributed by atoms with E-state index in [0.29, 0.717) is 11.8 Å². The fraction of sp³-hybridized carbons (Fsp3) is 0.474. The average molecular weight is 356 g/mol. The van der Waals surface area contributed by atoms with Crippen molar-refractivity contribution >= 4 is 20.9 Å². The maximum Gasteiger partial charge on any atom is 1.00 e. The second-order valence-electron chi connectivity index (χ2n) is 7.10. The van der Waals surface area contributed by atoms with Crippen LogP contribution in [0.25, 0.3) is 10.8 Å². The molecule has 0 radical (unpaired) electrons. The van der Waals surface area contributed by atoms with E-state index in [1.54, 1.807) is 6.07 Å². The Morgan fingerprint density at radius 1 is 0.833 bits per heavy atom. The van der Waals surface area contributed by atoms with Gasteiger partial charge in [0.15, 0.2) is 0 Å². The van der Waals surface area contributed by atoms with Gasteiger partial charge in [-0.15, -0.1) is 0 Å². The second-order valence-corrected chi connectivity index (χ2v) is 8.48. The largest absolute Gasteiger partial charge is 1.00 e. The third-order valence-corrected chi connectivity index (χ3v) is 5.12. The molecule has 0 amide bonds. The maximum atomic E-state index is 11.5. The van der Waals surface area contributed by atoms with E-state index in [1.807, 2.05) is 19.9 Å². The molecular weight excluding hydrogens is 331 g/mol. The van der Waals surface area contributed by atoms with Crippen LogP contribution in [0.15, 0.2) is 29.2 Å². The predicted octanol–water partition coefficient (Wildman–Crippen LogP) is 2.12. The minimum absolute atomic E-state index is 0. The average Bonchev–Trinajstić information content (AvgIpc) is 2.43. The van der Waals surface area contributed by atoms with Crippen LogP contribution in [0.5, 0.6) is 0 Å². The Hall–Kier alpha value is -0.390. The van der Waals surface area contributed by atoms with E-state index in [0.717, 1.165) is 16.3 Å². The van der Waals surface area contributed by atoms with E-state index < -0.39 is 10.1 Å². The quantitative estimate of drug-likeness (QED) is 0.623. The fourth-order valence-electron chi connectivity index (χ4n) is 3.24. The number of hydrogen-bond donors (Lipinski definition) is 0. The molecule has 0 aromatic heterocycles. The molecule has 24 heavy (non-hydrogen) atoms. The van der Waals surface area contributed by atoms with Crippen molar-refractivity contribution in [1.82, 2.24) is 0 Å². The topological polar surface area (TPSA) is 57.2 Å². The Balaban J connectivity index is 0.00000288. The molecule has 2 aromatic rings. The Morgan fingerprint density at radius 3 is 1.79 bits per heavy atom. The molecule has 0 saturated heterocycles. The third kappa shape index (κ3) is 4.23. The van der Waals surface area contributed by atoms with Gasteiger partial charge in [0.25, 0.3) is 0 Å². The first-order chi connectivity index (χ1) is 10.5. The summed E-state index contributed by atoms with van der Waals surface area (Å²) in [4.78, 5) is -0.138. The van der Waals surface area contributed by atoms with Crippen LogP contribution in [0.1, 0.15) is 76.0 Å². The van der Waals surface area contributed by atoms with E-state index in [2.05, 4.69) is 33.8 Å². The summed E-state index contributed by atoms with van der Waals surface area (Å²) in [5.74, 6) is 0.849. The van der Waals surface area contributed by atoms with Gasteiger partial charge < -0.3 is 4.55 Å². The molecule has 126 valence electrons. The molecule has 0 fully saturated rings. The molecule has 0 atom stereocenters. The fourth-order valence-corrected chi connectivity index (χ4v) is 3.78. The molecule has 5 heteroatoms. The van der Waals surface area contributed by atoms with Crippen LogP contribution in [0.2, 0.25) is 0 Å². The minimum Gasteiger partial charge on any atom is -0.744 e. The van der Waals surface area contributed by atoms with Crippen molar-refractivity contribution in [2.45, 2.75) is 64.2 Å². The van der Waals surface area contributed by atoms with Gasteiger partial charge >= 0.3 is 29.6 Å². The van der Waals surface area contributed by atoms with Crippen molar-refractivity contribution in [3.8, 4) is 0 Å².